The first-order valence-corrected chi connectivity index (χ1v) is 31.9. The maximum atomic E-state index is 12.5. The fourth-order valence-corrected chi connectivity index (χ4v) is 10.4. The van der Waals surface area contributed by atoms with Crippen molar-refractivity contribution in [2.45, 2.75) is 386 Å². The first-order valence-electron chi connectivity index (χ1n) is 31.9. The molecule has 2 unspecified atom stereocenters. The predicted molar refractivity (Wildman–Crippen MR) is 304 cm³/mol. The minimum Gasteiger partial charge on any atom is -0.394 e. The molecule has 2 atom stereocenters. The van der Waals surface area contributed by atoms with E-state index < -0.39 is 12.1 Å². The fourth-order valence-electron chi connectivity index (χ4n) is 10.4. The van der Waals surface area contributed by atoms with E-state index in [0.29, 0.717) is 6.42 Å². The summed E-state index contributed by atoms with van der Waals surface area (Å²) in [5, 5.41) is 23.3. The molecule has 0 bridgehead atoms. The van der Waals surface area contributed by atoms with Gasteiger partial charge in [0.25, 0.3) is 0 Å². The molecule has 0 aliphatic rings. The number of hydrogen-bond acceptors (Lipinski definition) is 3. The highest BCUT2D eigenvalue weighted by Gasteiger charge is 2.18. The van der Waals surface area contributed by atoms with Gasteiger partial charge < -0.3 is 15.5 Å². The number of carbonyl (C=O) groups is 1. The van der Waals surface area contributed by atoms with Crippen LogP contribution in [0, 0.1) is 0 Å². The van der Waals surface area contributed by atoms with Gasteiger partial charge >= 0.3 is 0 Å². The second kappa shape index (κ2) is 60.4. The molecule has 4 nitrogen and oxygen atoms in total. The van der Waals surface area contributed by atoms with Crippen molar-refractivity contribution < 1.29 is 15.0 Å². The van der Waals surface area contributed by atoms with Crippen LogP contribution in [0.1, 0.15) is 373 Å². The lowest BCUT2D eigenvalue weighted by Crippen LogP contribution is -2.45. The quantitative estimate of drug-likeness (QED) is 0.0420. The van der Waals surface area contributed by atoms with Crippen molar-refractivity contribution in [1.29, 1.82) is 0 Å². The van der Waals surface area contributed by atoms with Gasteiger partial charge in [-0.05, 0) is 19.3 Å². The maximum Gasteiger partial charge on any atom is 0.220 e. The van der Waals surface area contributed by atoms with Crippen LogP contribution in [0.3, 0.4) is 0 Å². The molecule has 3 N–H and O–H groups in total. The molecule has 0 aromatic carbocycles. The van der Waals surface area contributed by atoms with Gasteiger partial charge in [-0.15, -0.1) is 0 Å². The van der Waals surface area contributed by atoms with E-state index in [-0.39, 0.29) is 12.5 Å². The summed E-state index contributed by atoms with van der Waals surface area (Å²) in [6.45, 7) is 4.36. The summed E-state index contributed by atoms with van der Waals surface area (Å²) in [6.07, 6.45) is 79.9. The third kappa shape index (κ3) is 56.0. The fraction of sp³-hybridized carbons (Fsp3) is 0.953. The smallest absolute Gasteiger partial charge is 0.220 e. The van der Waals surface area contributed by atoms with Gasteiger partial charge in [0.15, 0.2) is 0 Å². The Bertz CT molecular complexity index is 952. The van der Waals surface area contributed by atoms with Crippen molar-refractivity contribution in [3.63, 3.8) is 0 Å². The average molecular weight is 959 g/mol. The standard InChI is InChI=1S/C64H127NO3/c1-3-5-7-9-11-13-15-17-19-21-23-25-27-29-30-31-32-33-34-36-38-40-42-44-46-48-50-52-54-56-58-60-64(68)65-62(61-66)63(67)59-57-55-53-51-49-47-45-43-41-39-37-35-28-26-24-22-20-18-16-14-12-10-8-6-4-2/h57,59,62-63,66-67H,3-56,58,60-61H2,1-2H3,(H,65,68)/b59-57+. The molecule has 4 heteroatoms. The van der Waals surface area contributed by atoms with E-state index in [9.17, 15) is 15.0 Å². The minimum absolute atomic E-state index is 0.0540. The number of aliphatic hydroxyl groups excluding tert-OH is 2. The Hall–Kier alpha value is -0.870. The Morgan fingerprint density at radius 2 is 0.544 bits per heavy atom. The Balaban J connectivity index is 3.41. The molecule has 0 radical (unpaired) electrons. The SMILES string of the molecule is CCCCCCCCCCCCCCCCCCCCCCCCC/C=C/C(O)C(CO)NC(=O)CCCCCCCCCCCCCCCCCCCCCCCCCCCCCCCCC. The molecule has 0 rings (SSSR count). The molecule has 0 saturated heterocycles. The first kappa shape index (κ1) is 67.1. The van der Waals surface area contributed by atoms with Gasteiger partial charge in [-0.3, -0.25) is 4.79 Å². The summed E-state index contributed by atoms with van der Waals surface area (Å²) in [5.41, 5.74) is 0. The van der Waals surface area contributed by atoms with Gasteiger partial charge in [0.05, 0.1) is 18.8 Å². The minimum atomic E-state index is -0.836. The lowest BCUT2D eigenvalue weighted by atomic mass is 10.0. The van der Waals surface area contributed by atoms with Gasteiger partial charge in [0, 0.05) is 6.42 Å². The topological polar surface area (TPSA) is 69.6 Å². The number of nitrogens with one attached hydrogen (secondary N) is 1. The average Bonchev–Trinajstić information content (AvgIpc) is 3.34. The highest BCUT2D eigenvalue weighted by Crippen LogP contribution is 2.19. The maximum absolute atomic E-state index is 12.5. The molecular weight excluding hydrogens is 831 g/mol. The highest BCUT2D eigenvalue weighted by molar-refractivity contribution is 5.76. The molecule has 0 aliphatic carbocycles. The lowest BCUT2D eigenvalue weighted by molar-refractivity contribution is -0.123. The Kier molecular flexibility index (Phi) is 59.7. The third-order valence-corrected chi connectivity index (χ3v) is 15.3. The van der Waals surface area contributed by atoms with E-state index in [1.54, 1.807) is 6.08 Å². The molecule has 0 fully saturated rings. The number of carbonyl (C=O) groups excluding carboxylic acids is 1. The van der Waals surface area contributed by atoms with Crippen LogP contribution in [-0.4, -0.2) is 34.9 Å². The van der Waals surface area contributed by atoms with Gasteiger partial charge in [0.1, 0.15) is 0 Å². The van der Waals surface area contributed by atoms with Gasteiger partial charge in [-0.1, -0.05) is 360 Å². The monoisotopic (exact) mass is 958 g/mol. The summed E-state index contributed by atoms with van der Waals surface area (Å²) >= 11 is 0. The van der Waals surface area contributed by atoms with E-state index in [0.717, 1.165) is 25.7 Å². The molecule has 1 amide bonds. The van der Waals surface area contributed by atoms with Crippen LogP contribution in [0.4, 0.5) is 0 Å². The number of amides is 1. The molecule has 68 heavy (non-hydrogen) atoms. The largest absolute Gasteiger partial charge is 0.394 e. The second-order valence-electron chi connectivity index (χ2n) is 22.2. The van der Waals surface area contributed by atoms with Crippen LogP contribution in [0.15, 0.2) is 12.2 Å². The molecule has 0 aliphatic heterocycles. The molecule has 406 valence electrons. The van der Waals surface area contributed by atoms with E-state index in [1.165, 1.54) is 327 Å². The van der Waals surface area contributed by atoms with Crippen LogP contribution < -0.4 is 5.32 Å². The number of rotatable bonds is 60. The zero-order valence-corrected chi connectivity index (χ0v) is 46.9. The molecule has 0 heterocycles. The van der Waals surface area contributed by atoms with E-state index in [2.05, 4.69) is 19.2 Å². The second-order valence-corrected chi connectivity index (χ2v) is 22.2. The van der Waals surface area contributed by atoms with Crippen molar-refractivity contribution in [3.8, 4) is 0 Å². The lowest BCUT2D eigenvalue weighted by Gasteiger charge is -2.20. The molecule has 0 saturated carbocycles. The summed E-state index contributed by atoms with van der Waals surface area (Å²) < 4.78 is 0. The molecule has 0 spiro atoms. The van der Waals surface area contributed by atoms with Crippen LogP contribution in [-0.2, 0) is 4.79 Å². The van der Waals surface area contributed by atoms with Crippen molar-refractivity contribution in [2.75, 3.05) is 6.61 Å². The summed E-state index contributed by atoms with van der Waals surface area (Å²) in [6, 6.07) is -0.619. The Morgan fingerprint density at radius 3 is 0.765 bits per heavy atom. The number of hydrogen-bond donors (Lipinski definition) is 3. The third-order valence-electron chi connectivity index (χ3n) is 15.3. The van der Waals surface area contributed by atoms with Crippen LogP contribution in [0.5, 0.6) is 0 Å². The van der Waals surface area contributed by atoms with E-state index in [1.807, 2.05) is 6.08 Å². The van der Waals surface area contributed by atoms with E-state index >= 15 is 0 Å². The predicted octanol–water partition coefficient (Wildman–Crippen LogP) is 21.3. The Morgan fingerprint density at radius 1 is 0.338 bits per heavy atom. The summed E-state index contributed by atoms with van der Waals surface area (Å²) in [7, 11) is 0. The molecule has 0 aromatic heterocycles. The van der Waals surface area contributed by atoms with Crippen molar-refractivity contribution in [3.05, 3.63) is 12.2 Å². The van der Waals surface area contributed by atoms with Gasteiger partial charge in [-0.25, -0.2) is 0 Å². The number of unbranched alkanes of at least 4 members (excludes halogenated alkanes) is 53. The zero-order chi connectivity index (χ0) is 49.2. The van der Waals surface area contributed by atoms with Crippen LogP contribution >= 0.6 is 0 Å². The van der Waals surface area contributed by atoms with Crippen LogP contribution in [0.25, 0.3) is 0 Å². The summed E-state index contributed by atoms with van der Waals surface area (Å²) in [4.78, 5) is 12.5. The number of aliphatic hydroxyl groups is 2. The van der Waals surface area contributed by atoms with Crippen molar-refractivity contribution >= 4 is 5.91 Å². The van der Waals surface area contributed by atoms with Crippen molar-refractivity contribution in [1.82, 2.24) is 5.32 Å². The van der Waals surface area contributed by atoms with Crippen LogP contribution in [0.2, 0.25) is 0 Å². The molecular formula is C64H127NO3. The summed E-state index contributed by atoms with van der Waals surface area (Å²) in [5.74, 6) is -0.0540. The molecule has 0 aromatic rings. The normalized spacial score (nSPS) is 12.7. The van der Waals surface area contributed by atoms with Gasteiger partial charge in [-0.2, -0.15) is 0 Å². The number of allylic oxidation sites excluding steroid dienone is 1. The van der Waals surface area contributed by atoms with Crippen molar-refractivity contribution in [2.24, 2.45) is 0 Å². The first-order chi connectivity index (χ1) is 33.7. The van der Waals surface area contributed by atoms with E-state index in [4.69, 9.17) is 0 Å². The zero-order valence-electron chi connectivity index (χ0n) is 46.9. The van der Waals surface area contributed by atoms with Gasteiger partial charge in [0.2, 0.25) is 5.91 Å². The Labute approximate surface area is 428 Å². The highest BCUT2D eigenvalue weighted by atomic mass is 16.3.